The lowest BCUT2D eigenvalue weighted by Crippen LogP contribution is -2.17. The molecule has 0 aliphatic carbocycles. The van der Waals surface area contributed by atoms with Gasteiger partial charge >= 0.3 is 5.97 Å². The van der Waals surface area contributed by atoms with Gasteiger partial charge < -0.3 is 14.6 Å². The van der Waals surface area contributed by atoms with E-state index in [1.54, 1.807) is 12.1 Å². The van der Waals surface area contributed by atoms with Crippen LogP contribution in [0.1, 0.15) is 93.3 Å². The van der Waals surface area contributed by atoms with E-state index in [4.69, 9.17) is 9.47 Å². The molecule has 1 N–H and O–H groups in total. The summed E-state index contributed by atoms with van der Waals surface area (Å²) in [5.74, 6) is -0.0248. The number of hydrogen-bond acceptors (Lipinski definition) is 5. The Morgan fingerprint density at radius 2 is 1.76 bits per heavy atom. The van der Waals surface area contributed by atoms with Gasteiger partial charge in [-0.15, -0.1) is 0 Å². The Balaban J connectivity index is 1.81. The first-order valence-electron chi connectivity index (χ1n) is 12.1. The van der Waals surface area contributed by atoms with Crippen molar-refractivity contribution in [2.24, 2.45) is 0 Å². The second kappa shape index (κ2) is 11.4. The number of ether oxygens (including phenoxy) is 2. The predicted molar refractivity (Wildman–Crippen MR) is 134 cm³/mol. The molecular weight excluding hydrogens is 428 g/mol. The summed E-state index contributed by atoms with van der Waals surface area (Å²) in [5.41, 5.74) is 3.03. The summed E-state index contributed by atoms with van der Waals surface area (Å²) in [6.45, 7) is 8.67. The number of allylic oxidation sites excluding steroid dienone is 1. The standard InChI is InChI=1S/C29H36O5/c1-20-9-8-12-24(30)11-7-5-6-10-22-17-25(18-26(31)27(22)28(32)34-20)33-19-21-13-15-23(16-14-21)29(2,3)4/h6,10,13-18,20,31H,5,7-9,11-12,19H2,1-4H3/t20-/m0/s1. The van der Waals surface area contributed by atoms with Gasteiger partial charge in [0.1, 0.15) is 29.5 Å². The first kappa shape index (κ1) is 25.5. The summed E-state index contributed by atoms with van der Waals surface area (Å²) in [6, 6.07) is 11.5. The summed E-state index contributed by atoms with van der Waals surface area (Å²) in [5, 5.41) is 10.7. The van der Waals surface area contributed by atoms with Gasteiger partial charge in [-0.2, -0.15) is 0 Å². The van der Waals surface area contributed by atoms with Crippen LogP contribution in [0.25, 0.3) is 6.08 Å². The zero-order chi connectivity index (χ0) is 24.7. The summed E-state index contributed by atoms with van der Waals surface area (Å²) < 4.78 is 11.5. The van der Waals surface area contributed by atoms with Crippen molar-refractivity contribution >= 4 is 17.8 Å². The van der Waals surface area contributed by atoms with Crippen LogP contribution >= 0.6 is 0 Å². The molecule has 0 saturated heterocycles. The maximum Gasteiger partial charge on any atom is 0.342 e. The minimum atomic E-state index is -0.572. The van der Waals surface area contributed by atoms with E-state index >= 15 is 0 Å². The van der Waals surface area contributed by atoms with Gasteiger partial charge in [-0.05, 0) is 60.8 Å². The van der Waals surface area contributed by atoms with Crippen molar-refractivity contribution in [2.45, 2.75) is 84.3 Å². The molecule has 2 aromatic rings. The monoisotopic (exact) mass is 464 g/mol. The first-order valence-corrected chi connectivity index (χ1v) is 12.1. The van der Waals surface area contributed by atoms with Crippen molar-refractivity contribution in [1.82, 2.24) is 0 Å². The largest absolute Gasteiger partial charge is 0.507 e. The van der Waals surface area contributed by atoms with Crippen molar-refractivity contribution in [2.75, 3.05) is 0 Å². The summed E-state index contributed by atoms with van der Waals surface area (Å²) in [6.07, 6.45) is 7.20. The molecule has 1 atom stereocenters. The van der Waals surface area contributed by atoms with Crippen LogP contribution in [0.3, 0.4) is 0 Å². The number of aromatic hydroxyl groups is 1. The van der Waals surface area contributed by atoms with Gasteiger partial charge in [0, 0.05) is 18.9 Å². The number of carbonyl (C=O) groups excluding carboxylic acids is 2. The maximum atomic E-state index is 12.9. The van der Waals surface area contributed by atoms with Crippen LogP contribution in [0.5, 0.6) is 11.5 Å². The summed E-state index contributed by atoms with van der Waals surface area (Å²) in [4.78, 5) is 24.8. The highest BCUT2D eigenvalue weighted by molar-refractivity contribution is 5.97. The number of esters is 1. The van der Waals surface area contributed by atoms with E-state index in [1.807, 2.05) is 25.1 Å². The highest BCUT2D eigenvalue weighted by atomic mass is 16.5. The number of carbonyl (C=O) groups is 2. The molecule has 0 saturated carbocycles. The van der Waals surface area contributed by atoms with E-state index in [2.05, 4.69) is 32.9 Å². The van der Waals surface area contributed by atoms with E-state index in [0.717, 1.165) is 12.0 Å². The molecule has 1 aliphatic rings. The van der Waals surface area contributed by atoms with Gasteiger partial charge in [-0.1, -0.05) is 57.2 Å². The maximum absolute atomic E-state index is 12.9. The molecule has 2 aromatic carbocycles. The molecule has 0 spiro atoms. The quantitative estimate of drug-likeness (QED) is 0.509. The normalized spacial score (nSPS) is 18.1. The lowest BCUT2D eigenvalue weighted by molar-refractivity contribution is -0.119. The van der Waals surface area contributed by atoms with Crippen LogP contribution in [0, 0.1) is 0 Å². The van der Waals surface area contributed by atoms with Gasteiger partial charge in [-0.3, -0.25) is 4.79 Å². The van der Waals surface area contributed by atoms with Crippen molar-refractivity contribution in [3.63, 3.8) is 0 Å². The third-order valence-corrected chi connectivity index (χ3v) is 6.05. The molecule has 0 amide bonds. The zero-order valence-corrected chi connectivity index (χ0v) is 20.7. The SMILES string of the molecule is C[C@H]1CCCC(=O)CCCC=Cc2cc(OCc3ccc(C(C)(C)C)cc3)cc(O)c2C(=O)O1. The van der Waals surface area contributed by atoms with Crippen LogP contribution < -0.4 is 4.74 Å². The lowest BCUT2D eigenvalue weighted by Gasteiger charge is -2.19. The Kier molecular flexibility index (Phi) is 8.54. The fourth-order valence-corrected chi connectivity index (χ4v) is 3.97. The van der Waals surface area contributed by atoms with Crippen molar-refractivity contribution < 1.29 is 24.2 Å². The molecule has 182 valence electrons. The molecule has 0 fully saturated rings. The van der Waals surface area contributed by atoms with Crippen LogP contribution in [0.2, 0.25) is 0 Å². The lowest BCUT2D eigenvalue weighted by atomic mass is 9.87. The number of rotatable bonds is 3. The fourth-order valence-electron chi connectivity index (χ4n) is 3.97. The molecule has 0 unspecified atom stereocenters. The Hall–Kier alpha value is -3.08. The van der Waals surface area contributed by atoms with Gasteiger partial charge in [-0.25, -0.2) is 4.79 Å². The molecular formula is C29H36O5. The minimum absolute atomic E-state index is 0.0836. The van der Waals surface area contributed by atoms with E-state index in [0.29, 0.717) is 50.0 Å². The average Bonchev–Trinajstić information content (AvgIpc) is 2.76. The average molecular weight is 465 g/mol. The number of Topliss-reactive ketones (excluding diaryl/α,β-unsaturated/α-hetero) is 1. The molecule has 5 heteroatoms. The third-order valence-electron chi connectivity index (χ3n) is 6.05. The fraction of sp³-hybridized carbons (Fsp3) is 0.448. The van der Waals surface area contributed by atoms with Crippen molar-refractivity contribution in [1.29, 1.82) is 0 Å². The van der Waals surface area contributed by atoms with Crippen LogP contribution in [-0.2, 0) is 21.6 Å². The predicted octanol–water partition coefficient (Wildman–Crippen LogP) is 6.75. The summed E-state index contributed by atoms with van der Waals surface area (Å²) >= 11 is 0. The molecule has 0 radical (unpaired) electrons. The first-order chi connectivity index (χ1) is 16.1. The number of benzene rings is 2. The Morgan fingerprint density at radius 3 is 2.47 bits per heavy atom. The van der Waals surface area contributed by atoms with Gasteiger partial charge in [0.2, 0.25) is 0 Å². The summed E-state index contributed by atoms with van der Waals surface area (Å²) in [7, 11) is 0. The second-order valence-electron chi connectivity index (χ2n) is 10.1. The topological polar surface area (TPSA) is 72.8 Å². The minimum Gasteiger partial charge on any atom is -0.507 e. The van der Waals surface area contributed by atoms with Gasteiger partial charge in [0.05, 0.1) is 6.10 Å². The smallest absolute Gasteiger partial charge is 0.342 e. The van der Waals surface area contributed by atoms with Crippen LogP contribution in [0.4, 0.5) is 0 Å². The molecule has 1 aliphatic heterocycles. The van der Waals surface area contributed by atoms with Gasteiger partial charge in [0.15, 0.2) is 0 Å². The van der Waals surface area contributed by atoms with E-state index in [-0.39, 0.29) is 28.6 Å². The number of fused-ring (bicyclic) bond motifs is 1. The number of hydrogen-bond donors (Lipinski definition) is 1. The number of ketones is 1. The van der Waals surface area contributed by atoms with Crippen molar-refractivity contribution in [3.05, 3.63) is 64.7 Å². The molecule has 1 heterocycles. The Morgan fingerprint density at radius 1 is 1.06 bits per heavy atom. The molecule has 0 bridgehead atoms. The van der Waals surface area contributed by atoms with E-state index < -0.39 is 5.97 Å². The highest BCUT2D eigenvalue weighted by Gasteiger charge is 2.21. The molecule has 34 heavy (non-hydrogen) atoms. The van der Waals surface area contributed by atoms with Crippen molar-refractivity contribution in [3.8, 4) is 11.5 Å². The van der Waals surface area contributed by atoms with Gasteiger partial charge in [0.25, 0.3) is 0 Å². The Labute approximate surface area is 202 Å². The number of cyclic esters (lactones) is 1. The van der Waals surface area contributed by atoms with Crippen LogP contribution in [0.15, 0.2) is 42.5 Å². The molecule has 3 rings (SSSR count). The highest BCUT2D eigenvalue weighted by Crippen LogP contribution is 2.31. The van der Waals surface area contributed by atoms with Crippen LogP contribution in [-0.4, -0.2) is 23.0 Å². The van der Waals surface area contributed by atoms with E-state index in [9.17, 15) is 14.7 Å². The van der Waals surface area contributed by atoms with E-state index in [1.165, 1.54) is 11.6 Å². The number of phenolic OH excluding ortho intramolecular Hbond substituents is 1. The third kappa shape index (κ3) is 7.21. The number of phenols is 1. The molecule has 0 aromatic heterocycles. The second-order valence-corrected chi connectivity index (χ2v) is 10.1. The zero-order valence-electron chi connectivity index (χ0n) is 20.7. The molecule has 5 nitrogen and oxygen atoms in total. The Bertz CT molecular complexity index is 1030.